The van der Waals surface area contributed by atoms with E-state index in [1.807, 2.05) is 0 Å². The highest BCUT2D eigenvalue weighted by atomic mass is 16.5. The van der Waals surface area contributed by atoms with Crippen LogP contribution in [0.5, 0.6) is 5.88 Å². The van der Waals surface area contributed by atoms with Crippen molar-refractivity contribution in [3.05, 3.63) is 24.9 Å². The van der Waals surface area contributed by atoms with E-state index in [0.717, 1.165) is 0 Å². The molecule has 0 amide bonds. The highest BCUT2D eigenvalue weighted by Gasteiger charge is 1.95. The van der Waals surface area contributed by atoms with Gasteiger partial charge in [-0.2, -0.15) is 4.98 Å². The van der Waals surface area contributed by atoms with Crippen molar-refractivity contribution in [1.82, 2.24) is 9.97 Å². The number of nitrogens with two attached hydrogens (primary N) is 1. The summed E-state index contributed by atoms with van der Waals surface area (Å²) >= 11 is 0. The van der Waals surface area contributed by atoms with Crippen molar-refractivity contribution in [3.8, 4) is 5.88 Å². The van der Waals surface area contributed by atoms with E-state index in [9.17, 15) is 0 Å². The molecule has 0 fully saturated rings. The van der Waals surface area contributed by atoms with E-state index in [4.69, 9.17) is 10.6 Å². The van der Waals surface area contributed by atoms with Gasteiger partial charge in [0.05, 0.1) is 0 Å². The molecule has 0 aromatic carbocycles. The topological polar surface area (TPSA) is 73.1 Å². The first kappa shape index (κ1) is 8.48. The molecule has 1 aromatic heterocycles. The second-order valence-corrected chi connectivity index (χ2v) is 1.96. The number of nitrogens with one attached hydrogen (secondary N) is 1. The van der Waals surface area contributed by atoms with E-state index in [2.05, 4.69) is 22.0 Å². The van der Waals surface area contributed by atoms with Crippen molar-refractivity contribution in [2.24, 2.45) is 5.84 Å². The van der Waals surface area contributed by atoms with Gasteiger partial charge in [0.1, 0.15) is 6.61 Å². The lowest BCUT2D eigenvalue weighted by atomic mass is 10.6. The minimum atomic E-state index is 0.330. The summed E-state index contributed by atoms with van der Waals surface area (Å²) in [7, 11) is 0. The second-order valence-electron chi connectivity index (χ2n) is 1.96. The van der Waals surface area contributed by atoms with Crippen LogP contribution in [0.2, 0.25) is 0 Å². The van der Waals surface area contributed by atoms with Gasteiger partial charge in [0.25, 0.3) is 0 Å². The number of hydrazine groups is 1. The quantitative estimate of drug-likeness (QED) is 0.383. The Labute approximate surface area is 70.2 Å². The fourth-order valence-electron chi connectivity index (χ4n) is 0.636. The van der Waals surface area contributed by atoms with Crippen molar-refractivity contribution >= 4 is 5.95 Å². The first-order chi connectivity index (χ1) is 5.86. The van der Waals surface area contributed by atoms with Gasteiger partial charge in [-0.25, -0.2) is 10.8 Å². The molecule has 0 aliphatic heterocycles. The average molecular weight is 166 g/mol. The second kappa shape index (κ2) is 4.30. The van der Waals surface area contributed by atoms with E-state index in [0.29, 0.717) is 18.4 Å². The Balaban J connectivity index is 2.65. The van der Waals surface area contributed by atoms with Crippen LogP contribution < -0.4 is 16.0 Å². The summed E-state index contributed by atoms with van der Waals surface area (Å²) in [5.41, 5.74) is 2.32. The Morgan fingerprint density at radius 2 is 2.58 bits per heavy atom. The summed E-state index contributed by atoms with van der Waals surface area (Å²) in [6.07, 6.45) is 3.19. The summed E-state index contributed by atoms with van der Waals surface area (Å²) in [6.45, 7) is 3.93. The van der Waals surface area contributed by atoms with Crippen LogP contribution in [0.3, 0.4) is 0 Å². The van der Waals surface area contributed by atoms with Gasteiger partial charge in [-0.15, -0.1) is 0 Å². The van der Waals surface area contributed by atoms with Crippen LogP contribution in [0.25, 0.3) is 0 Å². The van der Waals surface area contributed by atoms with Crippen LogP contribution in [-0.4, -0.2) is 16.6 Å². The molecule has 0 radical (unpaired) electrons. The number of hydrogen-bond donors (Lipinski definition) is 2. The fourth-order valence-corrected chi connectivity index (χ4v) is 0.636. The molecule has 0 atom stereocenters. The molecule has 1 rings (SSSR count). The lowest BCUT2D eigenvalue weighted by molar-refractivity contribution is 0.348. The zero-order chi connectivity index (χ0) is 8.81. The molecule has 0 bridgehead atoms. The molecule has 64 valence electrons. The molecule has 0 aliphatic carbocycles. The van der Waals surface area contributed by atoms with Gasteiger partial charge in [0, 0.05) is 12.3 Å². The Morgan fingerprint density at radius 3 is 3.25 bits per heavy atom. The van der Waals surface area contributed by atoms with Crippen molar-refractivity contribution in [2.45, 2.75) is 0 Å². The molecule has 0 unspecified atom stereocenters. The van der Waals surface area contributed by atoms with Crippen molar-refractivity contribution < 1.29 is 4.74 Å². The lowest BCUT2D eigenvalue weighted by Crippen LogP contribution is -2.10. The van der Waals surface area contributed by atoms with E-state index in [-0.39, 0.29) is 0 Å². The average Bonchev–Trinajstić information content (AvgIpc) is 2.15. The standard InChI is InChI=1S/C7H10N4O/c1-2-5-12-6-3-4-9-7(10-6)11-8/h2-4H,1,5,8H2,(H,9,10,11). The SMILES string of the molecule is C=CCOc1ccnc(NN)n1. The summed E-state index contributed by atoms with van der Waals surface area (Å²) in [4.78, 5) is 7.72. The van der Waals surface area contributed by atoms with E-state index < -0.39 is 0 Å². The van der Waals surface area contributed by atoms with Crippen LogP contribution in [-0.2, 0) is 0 Å². The Hall–Kier alpha value is -1.62. The zero-order valence-corrected chi connectivity index (χ0v) is 6.53. The number of nitrogen functional groups attached to an aromatic ring is 1. The third-order valence-corrected chi connectivity index (χ3v) is 1.11. The number of nitrogens with zero attached hydrogens (tertiary/aromatic N) is 2. The van der Waals surface area contributed by atoms with Crippen molar-refractivity contribution in [2.75, 3.05) is 12.0 Å². The van der Waals surface area contributed by atoms with Crippen LogP contribution in [0.1, 0.15) is 0 Å². The monoisotopic (exact) mass is 166 g/mol. The maximum atomic E-state index is 5.13. The highest BCUT2D eigenvalue weighted by Crippen LogP contribution is 2.06. The smallest absolute Gasteiger partial charge is 0.240 e. The Morgan fingerprint density at radius 1 is 1.75 bits per heavy atom. The Kier molecular flexibility index (Phi) is 3.04. The normalized spacial score (nSPS) is 9.08. The third kappa shape index (κ3) is 2.21. The number of ether oxygens (including phenoxy) is 1. The summed E-state index contributed by atoms with van der Waals surface area (Å²) in [6, 6.07) is 1.64. The van der Waals surface area contributed by atoms with Gasteiger partial charge in [-0.3, -0.25) is 5.43 Å². The molecular weight excluding hydrogens is 156 g/mol. The van der Waals surface area contributed by atoms with Crippen LogP contribution in [0.15, 0.2) is 24.9 Å². The highest BCUT2D eigenvalue weighted by molar-refractivity contribution is 5.25. The summed E-state index contributed by atoms with van der Waals surface area (Å²) < 4.78 is 5.13. The number of aromatic nitrogens is 2. The molecule has 12 heavy (non-hydrogen) atoms. The minimum absolute atomic E-state index is 0.330. The molecule has 3 N–H and O–H groups in total. The third-order valence-electron chi connectivity index (χ3n) is 1.11. The number of hydrogen-bond acceptors (Lipinski definition) is 5. The maximum Gasteiger partial charge on any atom is 0.240 e. The maximum absolute atomic E-state index is 5.13. The summed E-state index contributed by atoms with van der Waals surface area (Å²) in [5, 5.41) is 0. The molecule has 0 saturated heterocycles. The van der Waals surface area contributed by atoms with Gasteiger partial charge in [0.15, 0.2) is 0 Å². The molecule has 5 nitrogen and oxygen atoms in total. The van der Waals surface area contributed by atoms with Gasteiger partial charge in [0.2, 0.25) is 11.8 Å². The molecule has 0 saturated carbocycles. The molecule has 5 heteroatoms. The van der Waals surface area contributed by atoms with E-state index >= 15 is 0 Å². The molecule has 0 spiro atoms. The van der Waals surface area contributed by atoms with E-state index in [1.165, 1.54) is 0 Å². The number of rotatable bonds is 4. The van der Waals surface area contributed by atoms with Gasteiger partial charge in [-0.05, 0) is 0 Å². The zero-order valence-electron chi connectivity index (χ0n) is 6.53. The van der Waals surface area contributed by atoms with Crippen molar-refractivity contribution in [1.29, 1.82) is 0 Å². The molecular formula is C7H10N4O. The largest absolute Gasteiger partial charge is 0.473 e. The molecule has 1 heterocycles. The molecule has 0 aliphatic rings. The first-order valence-corrected chi connectivity index (χ1v) is 3.40. The van der Waals surface area contributed by atoms with Crippen LogP contribution in [0.4, 0.5) is 5.95 Å². The number of anilines is 1. The van der Waals surface area contributed by atoms with Gasteiger partial charge < -0.3 is 4.74 Å². The summed E-state index contributed by atoms with van der Waals surface area (Å²) in [5.74, 6) is 5.90. The fraction of sp³-hybridized carbons (Fsp3) is 0.143. The van der Waals surface area contributed by atoms with Gasteiger partial charge in [-0.1, -0.05) is 12.7 Å². The van der Waals surface area contributed by atoms with Crippen LogP contribution >= 0.6 is 0 Å². The van der Waals surface area contributed by atoms with Gasteiger partial charge >= 0.3 is 0 Å². The van der Waals surface area contributed by atoms with Crippen molar-refractivity contribution in [3.63, 3.8) is 0 Å². The lowest BCUT2D eigenvalue weighted by Gasteiger charge is -2.02. The minimum Gasteiger partial charge on any atom is -0.473 e. The first-order valence-electron chi connectivity index (χ1n) is 3.40. The predicted molar refractivity (Wildman–Crippen MR) is 45.5 cm³/mol. The molecule has 1 aromatic rings. The van der Waals surface area contributed by atoms with Crippen LogP contribution in [0, 0.1) is 0 Å². The predicted octanol–water partition coefficient (Wildman–Crippen LogP) is 0.327. The Bertz CT molecular complexity index is 263. The van der Waals surface area contributed by atoms with E-state index in [1.54, 1.807) is 18.3 Å².